The van der Waals surface area contributed by atoms with E-state index in [4.69, 9.17) is 16.3 Å². The lowest BCUT2D eigenvalue weighted by molar-refractivity contribution is 0.337. The van der Waals surface area contributed by atoms with Crippen LogP contribution in [-0.2, 0) is 16.4 Å². The number of H-pyrrole nitrogens is 1. The fourth-order valence-corrected chi connectivity index (χ4v) is 5.34. The molecule has 8 heteroatoms. The summed E-state index contributed by atoms with van der Waals surface area (Å²) in [4.78, 5) is 0.137. The van der Waals surface area contributed by atoms with E-state index in [1.807, 2.05) is 31.2 Å². The second kappa shape index (κ2) is 7.82. The Labute approximate surface area is 175 Å². The number of halogens is 1. The summed E-state index contributed by atoms with van der Waals surface area (Å²) in [6.45, 7) is 1.94. The molecule has 1 aliphatic carbocycles. The van der Waals surface area contributed by atoms with Gasteiger partial charge in [-0.05, 0) is 56.0 Å². The normalized spacial score (nSPS) is 16.6. The Hall–Kier alpha value is -2.35. The zero-order valence-corrected chi connectivity index (χ0v) is 17.8. The third kappa shape index (κ3) is 3.77. The van der Waals surface area contributed by atoms with Crippen LogP contribution >= 0.6 is 11.6 Å². The smallest absolute Gasteiger partial charge is 0.243 e. The predicted octanol–water partition coefficient (Wildman–Crippen LogP) is 4.86. The van der Waals surface area contributed by atoms with Crippen LogP contribution in [0.1, 0.15) is 35.7 Å². The van der Waals surface area contributed by atoms with Crippen molar-refractivity contribution in [3.8, 4) is 11.5 Å². The molecule has 29 heavy (non-hydrogen) atoms. The third-order valence-electron chi connectivity index (χ3n) is 5.35. The molecule has 1 aliphatic rings. The summed E-state index contributed by atoms with van der Waals surface area (Å²) in [7, 11) is -2.12. The van der Waals surface area contributed by atoms with Gasteiger partial charge in [-0.3, -0.25) is 5.10 Å². The molecule has 1 N–H and O–H groups in total. The fraction of sp³-hybridized carbons (Fsp3) is 0.286. The van der Waals surface area contributed by atoms with Gasteiger partial charge in [0.1, 0.15) is 11.5 Å². The van der Waals surface area contributed by atoms with Gasteiger partial charge in [-0.1, -0.05) is 29.8 Å². The molecule has 1 aromatic heterocycles. The van der Waals surface area contributed by atoms with E-state index in [0.29, 0.717) is 11.5 Å². The molecule has 0 amide bonds. The van der Waals surface area contributed by atoms with Crippen LogP contribution in [0, 0.1) is 6.92 Å². The second-order valence-corrected chi connectivity index (χ2v) is 9.60. The number of ether oxygens (including phenoxy) is 1. The minimum absolute atomic E-state index is 0.137. The van der Waals surface area contributed by atoms with Gasteiger partial charge in [0.2, 0.25) is 10.0 Å². The van der Waals surface area contributed by atoms with Crippen LogP contribution in [0.15, 0.2) is 53.6 Å². The lowest BCUT2D eigenvalue weighted by Crippen LogP contribution is -2.33. The van der Waals surface area contributed by atoms with E-state index < -0.39 is 10.0 Å². The molecule has 0 unspecified atom stereocenters. The van der Waals surface area contributed by atoms with Crippen LogP contribution in [0.25, 0.3) is 0 Å². The number of aromatic amines is 1. The van der Waals surface area contributed by atoms with Crippen LogP contribution in [0.2, 0.25) is 5.02 Å². The van der Waals surface area contributed by atoms with Gasteiger partial charge < -0.3 is 4.74 Å². The molecule has 0 radical (unpaired) electrons. The van der Waals surface area contributed by atoms with Gasteiger partial charge in [-0.2, -0.15) is 9.40 Å². The number of rotatable bonds is 5. The number of aryl methyl sites for hydroxylation is 2. The van der Waals surface area contributed by atoms with Crippen molar-refractivity contribution in [1.82, 2.24) is 14.5 Å². The van der Waals surface area contributed by atoms with E-state index >= 15 is 0 Å². The summed E-state index contributed by atoms with van der Waals surface area (Å²) >= 11 is 6.37. The number of fused-ring (bicyclic) bond motifs is 1. The van der Waals surface area contributed by atoms with Gasteiger partial charge in [0.25, 0.3) is 0 Å². The number of benzene rings is 2. The van der Waals surface area contributed by atoms with E-state index in [-0.39, 0.29) is 16.0 Å². The van der Waals surface area contributed by atoms with Crippen molar-refractivity contribution in [2.45, 2.75) is 37.1 Å². The SMILES string of the molecule is Cc1ccccc1Oc1ccc(S(=O)(=O)N(C)[C@@H]2CCCc3[nH]ncc32)cc1Cl. The van der Waals surface area contributed by atoms with Gasteiger partial charge in [0.05, 0.1) is 22.2 Å². The topological polar surface area (TPSA) is 75.3 Å². The summed E-state index contributed by atoms with van der Waals surface area (Å²) in [5, 5.41) is 7.29. The highest BCUT2D eigenvalue weighted by Gasteiger charge is 2.33. The molecular weight excluding hydrogens is 410 g/mol. The zero-order valence-electron chi connectivity index (χ0n) is 16.2. The van der Waals surface area contributed by atoms with Crippen molar-refractivity contribution in [3.05, 3.63) is 70.5 Å². The summed E-state index contributed by atoms with van der Waals surface area (Å²) in [6.07, 6.45) is 4.27. The molecule has 1 atom stereocenters. The molecular formula is C21H22ClN3O3S. The third-order valence-corrected chi connectivity index (χ3v) is 7.51. The van der Waals surface area contributed by atoms with E-state index in [2.05, 4.69) is 10.2 Å². The second-order valence-electron chi connectivity index (χ2n) is 7.19. The lowest BCUT2D eigenvalue weighted by atomic mass is 9.93. The van der Waals surface area contributed by atoms with Crippen molar-refractivity contribution in [3.63, 3.8) is 0 Å². The van der Waals surface area contributed by atoms with Crippen molar-refractivity contribution in [2.24, 2.45) is 0 Å². The monoisotopic (exact) mass is 431 g/mol. The summed E-state index contributed by atoms with van der Waals surface area (Å²) in [6, 6.07) is 11.9. The first-order valence-corrected chi connectivity index (χ1v) is 11.2. The van der Waals surface area contributed by atoms with E-state index in [9.17, 15) is 8.42 Å². The first kappa shape index (κ1) is 19.9. The maximum atomic E-state index is 13.2. The Bertz CT molecular complexity index is 1140. The quantitative estimate of drug-likeness (QED) is 0.625. The van der Waals surface area contributed by atoms with Crippen LogP contribution in [0.5, 0.6) is 11.5 Å². The Balaban J connectivity index is 1.61. The van der Waals surface area contributed by atoms with Gasteiger partial charge in [-0.15, -0.1) is 0 Å². The van der Waals surface area contributed by atoms with Crippen molar-refractivity contribution in [2.75, 3.05) is 7.05 Å². The molecule has 0 bridgehead atoms. The molecule has 4 rings (SSSR count). The molecule has 152 valence electrons. The van der Waals surface area contributed by atoms with Crippen LogP contribution < -0.4 is 4.74 Å². The van der Waals surface area contributed by atoms with Crippen LogP contribution in [-0.4, -0.2) is 30.0 Å². The highest BCUT2D eigenvalue weighted by atomic mass is 35.5. The number of sulfonamides is 1. The predicted molar refractivity (Wildman–Crippen MR) is 112 cm³/mol. The minimum Gasteiger partial charge on any atom is -0.456 e. The Kier molecular flexibility index (Phi) is 5.38. The number of aromatic nitrogens is 2. The van der Waals surface area contributed by atoms with E-state index in [1.54, 1.807) is 19.3 Å². The lowest BCUT2D eigenvalue weighted by Gasteiger charge is -2.30. The van der Waals surface area contributed by atoms with Gasteiger partial charge in [-0.25, -0.2) is 8.42 Å². The maximum absolute atomic E-state index is 13.2. The number of nitrogens with zero attached hydrogens (tertiary/aromatic N) is 2. The Morgan fingerprint density at radius 3 is 2.76 bits per heavy atom. The average Bonchev–Trinajstić information content (AvgIpc) is 3.19. The van der Waals surface area contributed by atoms with Crippen molar-refractivity contribution < 1.29 is 13.2 Å². The molecule has 6 nitrogen and oxygen atoms in total. The summed E-state index contributed by atoms with van der Waals surface area (Å²) < 4.78 is 33.7. The fourth-order valence-electron chi connectivity index (χ4n) is 3.66. The average molecular weight is 432 g/mol. The van der Waals surface area contributed by atoms with Gasteiger partial charge in [0.15, 0.2) is 0 Å². The molecule has 0 saturated carbocycles. The first-order chi connectivity index (χ1) is 13.9. The van der Waals surface area contributed by atoms with Gasteiger partial charge in [0, 0.05) is 18.3 Å². The Morgan fingerprint density at radius 1 is 1.21 bits per heavy atom. The highest BCUT2D eigenvalue weighted by molar-refractivity contribution is 7.89. The van der Waals surface area contributed by atoms with Crippen molar-refractivity contribution >= 4 is 21.6 Å². The Morgan fingerprint density at radius 2 is 2.00 bits per heavy atom. The number of hydrogen-bond donors (Lipinski definition) is 1. The van der Waals surface area contributed by atoms with Gasteiger partial charge >= 0.3 is 0 Å². The zero-order chi connectivity index (χ0) is 20.6. The van der Waals surface area contributed by atoms with Crippen LogP contribution in [0.4, 0.5) is 0 Å². The number of para-hydroxylation sites is 1. The highest BCUT2D eigenvalue weighted by Crippen LogP contribution is 2.37. The molecule has 0 aliphatic heterocycles. The minimum atomic E-state index is -3.73. The molecule has 0 saturated heterocycles. The molecule has 0 spiro atoms. The molecule has 1 heterocycles. The summed E-state index contributed by atoms with van der Waals surface area (Å²) in [5.74, 6) is 1.09. The van der Waals surface area contributed by atoms with E-state index in [1.165, 1.54) is 16.4 Å². The molecule has 2 aromatic carbocycles. The standard InChI is InChI=1S/C21H22ClN3O3S/c1-14-6-3-4-9-20(14)28-21-11-10-15(12-17(21)22)29(26,27)25(2)19-8-5-7-18-16(19)13-23-24-18/h3-4,6,9-13,19H,5,7-8H2,1-2H3,(H,23,24)/t19-/m1/s1. The van der Waals surface area contributed by atoms with Crippen LogP contribution in [0.3, 0.4) is 0 Å². The molecule has 0 fully saturated rings. The largest absolute Gasteiger partial charge is 0.456 e. The van der Waals surface area contributed by atoms with Crippen molar-refractivity contribution in [1.29, 1.82) is 0 Å². The number of hydrogen-bond acceptors (Lipinski definition) is 4. The summed E-state index contributed by atoms with van der Waals surface area (Å²) in [5.41, 5.74) is 2.91. The first-order valence-electron chi connectivity index (χ1n) is 9.41. The van der Waals surface area contributed by atoms with E-state index in [0.717, 1.165) is 36.1 Å². The number of nitrogens with one attached hydrogen (secondary N) is 1. The maximum Gasteiger partial charge on any atom is 0.243 e. The molecule has 3 aromatic rings.